The molecule has 210 valence electrons. The van der Waals surface area contributed by atoms with Crippen LogP contribution >= 0.6 is 34.7 Å². The Hall–Kier alpha value is -3.60. The molecular formula is C30H28ClN5O3S2. The maximum absolute atomic E-state index is 13.9. The molecule has 6 rings (SSSR count). The fourth-order valence-corrected chi connectivity index (χ4v) is 7.68. The van der Waals surface area contributed by atoms with Gasteiger partial charge in [0, 0.05) is 49.1 Å². The average Bonchev–Trinajstić information content (AvgIpc) is 3.63. The van der Waals surface area contributed by atoms with Crippen LogP contribution in [0.25, 0.3) is 16.9 Å². The number of carbonyl (C=O) groups excluding carboxylic acids is 3. The molecule has 2 aliphatic heterocycles. The number of thioether (sulfide) groups is 1. The van der Waals surface area contributed by atoms with E-state index in [9.17, 15) is 14.4 Å². The third-order valence-corrected chi connectivity index (χ3v) is 10.0. The van der Waals surface area contributed by atoms with Gasteiger partial charge in [-0.05, 0) is 23.6 Å². The predicted octanol–water partition coefficient (Wildman–Crippen LogP) is 5.11. The van der Waals surface area contributed by atoms with E-state index in [1.54, 1.807) is 48.5 Å². The van der Waals surface area contributed by atoms with E-state index in [4.69, 9.17) is 16.7 Å². The van der Waals surface area contributed by atoms with Gasteiger partial charge in [-0.3, -0.25) is 19.3 Å². The number of anilines is 1. The number of fused-ring (bicyclic) bond motifs is 1. The number of aromatic nitrogens is 2. The van der Waals surface area contributed by atoms with Crippen molar-refractivity contribution in [2.24, 2.45) is 0 Å². The molecular weight excluding hydrogens is 578 g/mol. The first-order chi connectivity index (χ1) is 19.9. The van der Waals surface area contributed by atoms with Gasteiger partial charge in [0.05, 0.1) is 27.4 Å². The van der Waals surface area contributed by atoms with Crippen molar-refractivity contribution in [3.8, 4) is 16.9 Å². The van der Waals surface area contributed by atoms with Crippen molar-refractivity contribution in [1.82, 2.24) is 19.6 Å². The summed E-state index contributed by atoms with van der Waals surface area (Å²) in [5.74, 6) is 0.428. The lowest BCUT2D eigenvalue weighted by atomic mass is 10.0. The van der Waals surface area contributed by atoms with Gasteiger partial charge >= 0.3 is 0 Å². The van der Waals surface area contributed by atoms with Gasteiger partial charge in [-0.25, -0.2) is 4.68 Å². The van der Waals surface area contributed by atoms with Crippen LogP contribution in [0.5, 0.6) is 0 Å². The molecule has 41 heavy (non-hydrogen) atoms. The maximum Gasteiger partial charge on any atom is 0.242 e. The summed E-state index contributed by atoms with van der Waals surface area (Å²) in [6, 6.07) is 21.4. The van der Waals surface area contributed by atoms with Crippen LogP contribution in [-0.4, -0.2) is 75.8 Å². The predicted molar refractivity (Wildman–Crippen MR) is 164 cm³/mol. The molecule has 1 saturated heterocycles. The van der Waals surface area contributed by atoms with Gasteiger partial charge in [0.1, 0.15) is 12.4 Å². The lowest BCUT2D eigenvalue weighted by molar-refractivity contribution is -0.137. The fraction of sp³-hybridized carbons (Fsp3) is 0.267. The standard InChI is InChI=1S/C30H28ClN5O3S2/c1-20(37)33-13-15-34(16-14-33)25(38)18-35-26(39)19-41-29(24-12-7-17-40-24)27-28(21-8-3-2-4-9-21)32-36(30(27)35)23-11-6-5-10-22(23)31/h2-12,17,29H,13-16,18-19H2,1H3/t29-/m0/s1. The van der Waals surface area contributed by atoms with Gasteiger partial charge in [-0.15, -0.1) is 23.1 Å². The highest BCUT2D eigenvalue weighted by molar-refractivity contribution is 8.00. The molecule has 0 aliphatic carbocycles. The number of piperazine rings is 1. The first-order valence-corrected chi connectivity index (χ1v) is 15.6. The summed E-state index contributed by atoms with van der Waals surface area (Å²) in [4.78, 5) is 45.5. The van der Waals surface area contributed by atoms with Gasteiger partial charge in [-0.1, -0.05) is 60.1 Å². The van der Waals surface area contributed by atoms with E-state index in [0.717, 1.165) is 21.7 Å². The Labute approximate surface area is 251 Å². The summed E-state index contributed by atoms with van der Waals surface area (Å²) in [5.41, 5.74) is 3.17. The Kier molecular flexibility index (Phi) is 7.88. The smallest absolute Gasteiger partial charge is 0.242 e. The van der Waals surface area contributed by atoms with Crippen molar-refractivity contribution in [2.75, 3.05) is 43.4 Å². The maximum atomic E-state index is 13.9. The minimum atomic E-state index is -0.168. The first-order valence-electron chi connectivity index (χ1n) is 13.3. The van der Waals surface area contributed by atoms with Crippen LogP contribution in [0.2, 0.25) is 5.02 Å². The van der Waals surface area contributed by atoms with E-state index < -0.39 is 0 Å². The zero-order chi connectivity index (χ0) is 28.5. The summed E-state index contributed by atoms with van der Waals surface area (Å²) in [6.45, 7) is 3.22. The summed E-state index contributed by atoms with van der Waals surface area (Å²) in [7, 11) is 0. The molecule has 0 unspecified atom stereocenters. The number of hydrogen-bond donors (Lipinski definition) is 0. The minimum Gasteiger partial charge on any atom is -0.339 e. The highest BCUT2D eigenvalue weighted by atomic mass is 35.5. The SMILES string of the molecule is CC(=O)N1CCN(C(=O)CN2C(=O)CS[C@@H](c3cccs3)c3c(-c4ccccc4)nn(-c4ccccc4Cl)c32)CC1. The number of rotatable bonds is 5. The zero-order valence-corrected chi connectivity index (χ0v) is 24.8. The normalized spacial score (nSPS) is 17.4. The Morgan fingerprint density at radius 3 is 2.34 bits per heavy atom. The Morgan fingerprint density at radius 1 is 0.951 bits per heavy atom. The van der Waals surface area contributed by atoms with E-state index >= 15 is 0 Å². The molecule has 0 bridgehead atoms. The summed E-state index contributed by atoms with van der Waals surface area (Å²) < 4.78 is 1.73. The highest BCUT2D eigenvalue weighted by Gasteiger charge is 2.39. The van der Waals surface area contributed by atoms with E-state index in [1.165, 1.54) is 6.92 Å². The van der Waals surface area contributed by atoms with E-state index in [0.29, 0.717) is 42.7 Å². The molecule has 2 aromatic carbocycles. The van der Waals surface area contributed by atoms with Crippen molar-refractivity contribution in [3.63, 3.8) is 0 Å². The molecule has 0 saturated carbocycles. The summed E-state index contributed by atoms with van der Waals surface area (Å²) in [6.07, 6.45) is 0. The monoisotopic (exact) mass is 605 g/mol. The van der Waals surface area contributed by atoms with Gasteiger partial charge in [-0.2, -0.15) is 5.10 Å². The van der Waals surface area contributed by atoms with Crippen molar-refractivity contribution >= 4 is 58.2 Å². The van der Waals surface area contributed by atoms with Crippen LogP contribution < -0.4 is 4.90 Å². The van der Waals surface area contributed by atoms with Crippen LogP contribution in [0, 0.1) is 0 Å². The number of para-hydroxylation sites is 1. The summed E-state index contributed by atoms with van der Waals surface area (Å²) >= 11 is 9.89. The molecule has 0 radical (unpaired) electrons. The second kappa shape index (κ2) is 11.7. The molecule has 1 atom stereocenters. The van der Waals surface area contributed by atoms with Crippen LogP contribution in [0.4, 0.5) is 5.82 Å². The Balaban J connectivity index is 1.50. The highest BCUT2D eigenvalue weighted by Crippen LogP contribution is 2.49. The molecule has 3 amide bonds. The molecule has 11 heteroatoms. The van der Waals surface area contributed by atoms with Crippen LogP contribution in [0.15, 0.2) is 72.1 Å². The molecule has 2 aliphatic rings. The lowest BCUT2D eigenvalue weighted by Crippen LogP contribution is -2.53. The number of halogens is 1. The average molecular weight is 606 g/mol. The third kappa shape index (κ3) is 5.39. The number of thiophene rings is 1. The van der Waals surface area contributed by atoms with Crippen molar-refractivity contribution in [1.29, 1.82) is 0 Å². The lowest BCUT2D eigenvalue weighted by Gasteiger charge is -2.35. The number of benzene rings is 2. The molecule has 8 nitrogen and oxygen atoms in total. The van der Waals surface area contributed by atoms with Crippen molar-refractivity contribution < 1.29 is 14.4 Å². The topological polar surface area (TPSA) is 78.8 Å². The largest absolute Gasteiger partial charge is 0.339 e. The summed E-state index contributed by atoms with van der Waals surface area (Å²) in [5, 5.41) is 7.44. The van der Waals surface area contributed by atoms with Gasteiger partial charge in [0.25, 0.3) is 0 Å². The van der Waals surface area contributed by atoms with E-state index in [-0.39, 0.29) is 35.3 Å². The van der Waals surface area contributed by atoms with Crippen LogP contribution in [-0.2, 0) is 14.4 Å². The van der Waals surface area contributed by atoms with Crippen LogP contribution in [0.3, 0.4) is 0 Å². The Morgan fingerprint density at radius 2 is 1.66 bits per heavy atom. The quantitative estimate of drug-likeness (QED) is 0.316. The van der Waals surface area contributed by atoms with Crippen molar-refractivity contribution in [3.05, 3.63) is 87.6 Å². The van der Waals surface area contributed by atoms with Crippen LogP contribution in [0.1, 0.15) is 22.6 Å². The van der Waals surface area contributed by atoms with Crippen molar-refractivity contribution in [2.45, 2.75) is 12.2 Å². The zero-order valence-electron chi connectivity index (χ0n) is 22.4. The molecule has 4 heterocycles. The Bertz CT molecular complexity index is 1580. The molecule has 4 aromatic rings. The number of hydrogen-bond acceptors (Lipinski definition) is 6. The minimum absolute atomic E-state index is 0.00170. The number of carbonyl (C=O) groups is 3. The molecule has 0 N–H and O–H groups in total. The second-order valence-corrected chi connectivity index (χ2v) is 12.4. The van der Waals surface area contributed by atoms with Gasteiger partial charge in [0.2, 0.25) is 17.7 Å². The third-order valence-electron chi connectivity index (χ3n) is 7.39. The van der Waals surface area contributed by atoms with Gasteiger partial charge in [0.15, 0.2) is 0 Å². The number of amides is 3. The fourth-order valence-electron chi connectivity index (χ4n) is 5.29. The molecule has 2 aromatic heterocycles. The van der Waals surface area contributed by atoms with E-state index in [2.05, 4.69) is 6.07 Å². The first kappa shape index (κ1) is 27.6. The van der Waals surface area contributed by atoms with Gasteiger partial charge < -0.3 is 9.80 Å². The molecule has 0 spiro atoms. The van der Waals surface area contributed by atoms with E-state index in [1.807, 2.05) is 60.0 Å². The number of nitrogens with zero attached hydrogens (tertiary/aromatic N) is 5. The second-order valence-electron chi connectivity index (χ2n) is 9.89. The molecule has 1 fully saturated rings.